The first-order valence-electron chi connectivity index (χ1n) is 7.38. The lowest BCUT2D eigenvalue weighted by Gasteiger charge is -2.36. The third-order valence-electron chi connectivity index (χ3n) is 4.05. The van der Waals surface area contributed by atoms with Gasteiger partial charge in [0.25, 0.3) is 0 Å². The molecule has 1 N–H and O–H groups in total. The van der Waals surface area contributed by atoms with Crippen molar-refractivity contribution in [3.8, 4) is 0 Å². The molecule has 0 radical (unpaired) electrons. The van der Waals surface area contributed by atoms with Gasteiger partial charge in [0, 0.05) is 13.1 Å². The molecule has 1 aliphatic rings. The Bertz CT molecular complexity index is 241. The molecule has 1 unspecified atom stereocenters. The fraction of sp³-hybridized carbons (Fsp3) is 0.929. The van der Waals surface area contributed by atoms with Crippen molar-refractivity contribution in [1.82, 2.24) is 15.1 Å². The maximum Gasteiger partial charge on any atom is 0.233 e. The van der Waals surface area contributed by atoms with E-state index in [4.69, 9.17) is 0 Å². The summed E-state index contributed by atoms with van der Waals surface area (Å²) in [5.74, 6) is 0.143. The zero-order chi connectivity index (χ0) is 13.4. The molecule has 0 aliphatic carbocycles. The van der Waals surface area contributed by atoms with Crippen LogP contribution in [0, 0.1) is 0 Å². The number of carbonyl (C=O) groups is 1. The van der Waals surface area contributed by atoms with Gasteiger partial charge in [0.15, 0.2) is 0 Å². The number of likely N-dealkylation sites (N-methyl/N-ethyl adjacent to an activating group) is 1. The molecular weight excluding hydrogens is 226 g/mol. The highest BCUT2D eigenvalue weighted by molar-refractivity contribution is 5.77. The van der Waals surface area contributed by atoms with Crippen molar-refractivity contribution in [1.29, 1.82) is 0 Å². The van der Waals surface area contributed by atoms with Gasteiger partial charge in [-0.15, -0.1) is 0 Å². The van der Waals surface area contributed by atoms with Gasteiger partial charge in [0.1, 0.15) is 0 Å². The van der Waals surface area contributed by atoms with E-state index in [1.807, 2.05) is 0 Å². The second-order valence-corrected chi connectivity index (χ2v) is 5.11. The Balaban J connectivity index is 2.41. The van der Waals surface area contributed by atoms with Gasteiger partial charge in [-0.1, -0.05) is 20.3 Å². The minimum atomic E-state index is 0.143. The summed E-state index contributed by atoms with van der Waals surface area (Å²) in [6.45, 7) is 9.48. The normalized spacial score (nSPS) is 21.2. The highest BCUT2D eigenvalue weighted by atomic mass is 16.1. The smallest absolute Gasteiger partial charge is 0.233 e. The van der Waals surface area contributed by atoms with E-state index in [2.05, 4.69) is 29.0 Å². The predicted octanol–water partition coefficient (Wildman–Crippen LogP) is 1.32. The number of carbonyl (C=O) groups excluding carboxylic acids is 1. The first-order chi connectivity index (χ1) is 8.71. The van der Waals surface area contributed by atoms with Gasteiger partial charge in [-0.3, -0.25) is 9.69 Å². The Hall–Kier alpha value is -0.610. The quantitative estimate of drug-likeness (QED) is 0.745. The van der Waals surface area contributed by atoms with E-state index in [-0.39, 0.29) is 5.91 Å². The summed E-state index contributed by atoms with van der Waals surface area (Å²) < 4.78 is 0. The monoisotopic (exact) mass is 255 g/mol. The van der Waals surface area contributed by atoms with E-state index in [0.717, 1.165) is 26.2 Å². The standard InChI is InChI=1S/C14H29N3O/c1-4-16(5-2)11-9-13-8-6-7-10-17(13)12-14(18)15-3/h13H,4-12H2,1-3H3,(H,15,18). The molecule has 0 saturated carbocycles. The zero-order valence-corrected chi connectivity index (χ0v) is 12.2. The highest BCUT2D eigenvalue weighted by Crippen LogP contribution is 2.19. The van der Waals surface area contributed by atoms with Crippen LogP contribution in [0.4, 0.5) is 0 Å². The number of likely N-dealkylation sites (tertiary alicyclic amines) is 1. The van der Waals surface area contributed by atoms with E-state index in [1.165, 1.54) is 25.7 Å². The Morgan fingerprint density at radius 3 is 2.67 bits per heavy atom. The molecule has 0 bridgehead atoms. The van der Waals surface area contributed by atoms with Crippen molar-refractivity contribution in [3.63, 3.8) is 0 Å². The molecule has 1 fully saturated rings. The average Bonchev–Trinajstić information content (AvgIpc) is 2.41. The minimum Gasteiger partial charge on any atom is -0.358 e. The molecule has 4 nitrogen and oxygen atoms in total. The third-order valence-corrected chi connectivity index (χ3v) is 4.05. The van der Waals surface area contributed by atoms with E-state index in [9.17, 15) is 4.79 Å². The Kier molecular flexibility index (Phi) is 7.28. The lowest BCUT2D eigenvalue weighted by atomic mass is 9.99. The van der Waals surface area contributed by atoms with Gasteiger partial charge in [-0.25, -0.2) is 0 Å². The number of hydrogen-bond acceptors (Lipinski definition) is 3. The van der Waals surface area contributed by atoms with E-state index in [1.54, 1.807) is 7.05 Å². The molecule has 0 spiro atoms. The summed E-state index contributed by atoms with van der Waals surface area (Å²) >= 11 is 0. The highest BCUT2D eigenvalue weighted by Gasteiger charge is 2.23. The van der Waals surface area contributed by atoms with E-state index < -0.39 is 0 Å². The first-order valence-corrected chi connectivity index (χ1v) is 7.38. The summed E-state index contributed by atoms with van der Waals surface area (Å²) in [4.78, 5) is 16.3. The van der Waals surface area contributed by atoms with Crippen molar-refractivity contribution in [2.75, 3.05) is 39.8 Å². The second kappa shape index (κ2) is 8.48. The van der Waals surface area contributed by atoms with Gasteiger partial charge >= 0.3 is 0 Å². The van der Waals surface area contributed by atoms with Crippen molar-refractivity contribution in [2.45, 2.75) is 45.6 Å². The number of rotatable bonds is 7. The number of piperidine rings is 1. The minimum absolute atomic E-state index is 0.143. The van der Waals surface area contributed by atoms with Gasteiger partial charge in [0.05, 0.1) is 6.54 Å². The van der Waals surface area contributed by atoms with Crippen LogP contribution < -0.4 is 5.32 Å². The zero-order valence-electron chi connectivity index (χ0n) is 12.2. The van der Waals surface area contributed by atoms with Crippen LogP contribution in [0.15, 0.2) is 0 Å². The van der Waals surface area contributed by atoms with Crippen LogP contribution in [-0.4, -0.2) is 61.5 Å². The van der Waals surface area contributed by atoms with Crippen molar-refractivity contribution >= 4 is 5.91 Å². The van der Waals surface area contributed by atoms with Gasteiger partial charge in [-0.2, -0.15) is 0 Å². The van der Waals surface area contributed by atoms with E-state index in [0.29, 0.717) is 12.6 Å². The molecule has 1 saturated heterocycles. The Morgan fingerprint density at radius 1 is 1.33 bits per heavy atom. The van der Waals surface area contributed by atoms with Crippen molar-refractivity contribution in [3.05, 3.63) is 0 Å². The molecule has 106 valence electrons. The van der Waals surface area contributed by atoms with Crippen LogP contribution in [0.5, 0.6) is 0 Å². The van der Waals surface area contributed by atoms with Crippen LogP contribution in [-0.2, 0) is 4.79 Å². The first kappa shape index (κ1) is 15.4. The number of nitrogens with zero attached hydrogens (tertiary/aromatic N) is 2. The molecule has 0 aromatic heterocycles. The molecule has 1 rings (SSSR count). The molecular formula is C14H29N3O. The molecule has 1 atom stereocenters. The maximum absolute atomic E-state index is 11.5. The predicted molar refractivity (Wildman–Crippen MR) is 75.7 cm³/mol. The number of hydrogen-bond donors (Lipinski definition) is 1. The second-order valence-electron chi connectivity index (χ2n) is 5.11. The molecule has 0 aromatic carbocycles. The SMILES string of the molecule is CCN(CC)CCC1CCCCN1CC(=O)NC. The molecule has 1 heterocycles. The topological polar surface area (TPSA) is 35.6 Å². The Labute approximate surface area is 112 Å². The van der Waals surface area contributed by atoms with Crippen LogP contribution in [0.1, 0.15) is 39.5 Å². The summed E-state index contributed by atoms with van der Waals surface area (Å²) in [6, 6.07) is 0.594. The third kappa shape index (κ3) is 4.94. The fourth-order valence-electron chi connectivity index (χ4n) is 2.73. The fourth-order valence-corrected chi connectivity index (χ4v) is 2.73. The van der Waals surface area contributed by atoms with Gasteiger partial charge in [-0.05, 0) is 45.4 Å². The van der Waals surface area contributed by atoms with Crippen LogP contribution in [0.3, 0.4) is 0 Å². The summed E-state index contributed by atoms with van der Waals surface area (Å²) in [7, 11) is 1.72. The molecule has 18 heavy (non-hydrogen) atoms. The van der Waals surface area contributed by atoms with Crippen LogP contribution in [0.25, 0.3) is 0 Å². The molecule has 4 heteroatoms. The number of amides is 1. The van der Waals surface area contributed by atoms with Crippen LogP contribution in [0.2, 0.25) is 0 Å². The Morgan fingerprint density at radius 2 is 2.06 bits per heavy atom. The largest absolute Gasteiger partial charge is 0.358 e. The van der Waals surface area contributed by atoms with E-state index >= 15 is 0 Å². The van der Waals surface area contributed by atoms with Gasteiger partial charge < -0.3 is 10.2 Å². The maximum atomic E-state index is 11.5. The van der Waals surface area contributed by atoms with Crippen molar-refractivity contribution in [2.24, 2.45) is 0 Å². The summed E-state index contributed by atoms with van der Waals surface area (Å²) in [5, 5.41) is 2.73. The summed E-state index contributed by atoms with van der Waals surface area (Å²) in [5.41, 5.74) is 0. The summed E-state index contributed by atoms with van der Waals surface area (Å²) in [6.07, 6.45) is 4.99. The molecule has 1 aliphatic heterocycles. The molecule has 0 aromatic rings. The average molecular weight is 255 g/mol. The van der Waals surface area contributed by atoms with Gasteiger partial charge in [0.2, 0.25) is 5.91 Å². The number of nitrogens with one attached hydrogen (secondary N) is 1. The van der Waals surface area contributed by atoms with Crippen LogP contribution >= 0.6 is 0 Å². The lowest BCUT2D eigenvalue weighted by Crippen LogP contribution is -2.46. The molecule has 1 amide bonds. The lowest BCUT2D eigenvalue weighted by molar-refractivity contribution is -0.122. The van der Waals surface area contributed by atoms with Crippen molar-refractivity contribution < 1.29 is 4.79 Å².